The molecule has 2 aliphatic heterocycles. The minimum absolute atomic E-state index is 0.236. The van der Waals surface area contributed by atoms with Gasteiger partial charge in [0.05, 0.1) is 23.8 Å². The first kappa shape index (κ1) is 26.5. The molecule has 0 spiro atoms. The molecule has 0 saturated carbocycles. The zero-order chi connectivity index (χ0) is 25.8. The normalized spacial score (nSPS) is 23.8. The molecule has 36 heavy (non-hydrogen) atoms. The zero-order valence-corrected chi connectivity index (χ0v) is 20.9. The minimum atomic E-state index is -4.41. The Balaban J connectivity index is 1.44. The molecule has 2 aromatic rings. The Morgan fingerprint density at radius 3 is 2.50 bits per heavy atom. The SMILES string of the molecule is Cc1cc([C@@H](C)OC[C@@]2(c3ccccc3)CCC(OC(=O)N3CCCCC3)CN2)cc(C(F)(F)F)c1. The van der Waals surface area contributed by atoms with Crippen molar-refractivity contribution in [3.63, 3.8) is 0 Å². The van der Waals surface area contributed by atoms with E-state index < -0.39 is 23.4 Å². The number of halogens is 3. The van der Waals surface area contributed by atoms with Crippen LogP contribution >= 0.6 is 0 Å². The highest BCUT2D eigenvalue weighted by Gasteiger charge is 2.39. The number of nitrogens with one attached hydrogen (secondary N) is 1. The van der Waals surface area contributed by atoms with Gasteiger partial charge in [-0.25, -0.2) is 4.79 Å². The van der Waals surface area contributed by atoms with E-state index in [4.69, 9.17) is 9.47 Å². The maximum Gasteiger partial charge on any atom is 0.416 e. The van der Waals surface area contributed by atoms with E-state index in [2.05, 4.69) is 5.32 Å². The highest BCUT2D eigenvalue weighted by Crippen LogP contribution is 2.35. The molecule has 4 rings (SSSR count). The first-order chi connectivity index (χ1) is 17.2. The molecule has 2 aliphatic rings. The lowest BCUT2D eigenvalue weighted by Gasteiger charge is -2.42. The van der Waals surface area contributed by atoms with Gasteiger partial charge >= 0.3 is 12.3 Å². The predicted octanol–water partition coefficient (Wildman–Crippen LogP) is 6.36. The van der Waals surface area contributed by atoms with Crippen molar-refractivity contribution in [2.75, 3.05) is 26.2 Å². The van der Waals surface area contributed by atoms with E-state index in [0.717, 1.165) is 50.0 Å². The predicted molar refractivity (Wildman–Crippen MR) is 132 cm³/mol. The number of benzene rings is 2. The summed E-state index contributed by atoms with van der Waals surface area (Å²) < 4.78 is 52.0. The standard InChI is InChI=1S/C28H35F3N2O3/c1-20-15-22(17-24(16-20)28(29,30)31)21(2)35-19-27(23-9-5-3-6-10-23)12-11-25(18-32-27)36-26(34)33-13-7-4-8-14-33/h3,5-6,9-10,15-17,21,25,32H,4,7-8,11-14,18-19H2,1-2H3/t21-,25?,27-/m1/s1. The van der Waals surface area contributed by atoms with Gasteiger partial charge in [0.2, 0.25) is 0 Å². The van der Waals surface area contributed by atoms with Gasteiger partial charge in [-0.1, -0.05) is 42.0 Å². The van der Waals surface area contributed by atoms with Gasteiger partial charge in [0, 0.05) is 19.6 Å². The van der Waals surface area contributed by atoms with Crippen molar-refractivity contribution in [3.05, 3.63) is 70.8 Å². The van der Waals surface area contributed by atoms with Crippen LogP contribution in [0.15, 0.2) is 48.5 Å². The smallest absolute Gasteiger partial charge is 0.416 e. The Morgan fingerprint density at radius 2 is 1.86 bits per heavy atom. The van der Waals surface area contributed by atoms with Crippen molar-refractivity contribution in [1.29, 1.82) is 0 Å². The Kier molecular flexibility index (Phi) is 8.25. The van der Waals surface area contributed by atoms with Crippen molar-refractivity contribution in [3.8, 4) is 0 Å². The van der Waals surface area contributed by atoms with Crippen LogP contribution in [0.4, 0.5) is 18.0 Å². The molecule has 0 aromatic heterocycles. The summed E-state index contributed by atoms with van der Waals surface area (Å²) in [6.45, 7) is 5.68. The fraction of sp³-hybridized carbons (Fsp3) is 0.536. The maximum atomic E-state index is 13.3. The van der Waals surface area contributed by atoms with Crippen molar-refractivity contribution in [2.24, 2.45) is 0 Å². The zero-order valence-electron chi connectivity index (χ0n) is 20.9. The molecule has 0 bridgehead atoms. The summed E-state index contributed by atoms with van der Waals surface area (Å²) in [4.78, 5) is 14.3. The molecule has 1 unspecified atom stereocenters. The maximum absolute atomic E-state index is 13.3. The molecule has 196 valence electrons. The Labute approximate surface area is 211 Å². The second kappa shape index (κ2) is 11.2. The number of carbonyl (C=O) groups excluding carboxylic acids is 1. The van der Waals surface area contributed by atoms with Crippen LogP contribution in [0.2, 0.25) is 0 Å². The summed E-state index contributed by atoms with van der Waals surface area (Å²) in [5.74, 6) is 0. The third kappa shape index (κ3) is 6.40. The van der Waals surface area contributed by atoms with Crippen LogP contribution in [-0.2, 0) is 21.2 Å². The lowest BCUT2D eigenvalue weighted by atomic mass is 9.82. The van der Waals surface area contributed by atoms with E-state index in [-0.39, 0.29) is 18.8 Å². The van der Waals surface area contributed by atoms with Crippen LogP contribution < -0.4 is 5.32 Å². The summed E-state index contributed by atoms with van der Waals surface area (Å²) in [5, 5.41) is 3.56. The second-order valence-electron chi connectivity index (χ2n) is 10.0. The van der Waals surface area contributed by atoms with Crippen molar-refractivity contribution < 1.29 is 27.4 Å². The van der Waals surface area contributed by atoms with Crippen LogP contribution in [0.1, 0.15) is 67.4 Å². The Bertz CT molecular complexity index is 1010. The highest BCUT2D eigenvalue weighted by atomic mass is 19.4. The molecule has 0 radical (unpaired) electrons. The van der Waals surface area contributed by atoms with E-state index in [0.29, 0.717) is 30.5 Å². The molecule has 2 fully saturated rings. The van der Waals surface area contributed by atoms with E-state index in [9.17, 15) is 18.0 Å². The molecule has 1 amide bonds. The average Bonchev–Trinajstić information content (AvgIpc) is 2.88. The number of hydrogen-bond donors (Lipinski definition) is 1. The van der Waals surface area contributed by atoms with Gasteiger partial charge in [0.15, 0.2) is 0 Å². The molecule has 2 heterocycles. The lowest BCUT2D eigenvalue weighted by Crippen LogP contribution is -2.54. The van der Waals surface area contributed by atoms with Crippen molar-refractivity contribution in [1.82, 2.24) is 10.2 Å². The van der Waals surface area contributed by atoms with E-state index in [1.54, 1.807) is 24.8 Å². The van der Waals surface area contributed by atoms with E-state index in [1.807, 2.05) is 30.3 Å². The van der Waals surface area contributed by atoms with E-state index >= 15 is 0 Å². The quantitative estimate of drug-likeness (QED) is 0.497. The molecule has 5 nitrogen and oxygen atoms in total. The molecular formula is C28H35F3N2O3. The first-order valence-corrected chi connectivity index (χ1v) is 12.7. The molecule has 8 heteroatoms. The van der Waals surface area contributed by atoms with Crippen LogP contribution in [0.25, 0.3) is 0 Å². The number of amides is 1. The number of hydrogen-bond acceptors (Lipinski definition) is 4. The number of likely N-dealkylation sites (tertiary alicyclic amines) is 1. The van der Waals surface area contributed by atoms with Gasteiger partial charge in [-0.05, 0) is 69.2 Å². The second-order valence-corrected chi connectivity index (χ2v) is 10.0. The van der Waals surface area contributed by atoms with Crippen LogP contribution in [0.5, 0.6) is 0 Å². The average molecular weight is 505 g/mol. The van der Waals surface area contributed by atoms with Gasteiger partial charge in [-0.3, -0.25) is 0 Å². The summed E-state index contributed by atoms with van der Waals surface area (Å²) in [6, 6.07) is 14.0. The molecule has 2 saturated heterocycles. The molecule has 0 aliphatic carbocycles. The largest absolute Gasteiger partial charge is 0.445 e. The van der Waals surface area contributed by atoms with Gasteiger partial charge in [-0.15, -0.1) is 0 Å². The first-order valence-electron chi connectivity index (χ1n) is 12.7. The number of alkyl halides is 3. The van der Waals surface area contributed by atoms with Gasteiger partial charge < -0.3 is 19.7 Å². The monoisotopic (exact) mass is 504 g/mol. The van der Waals surface area contributed by atoms with E-state index in [1.165, 1.54) is 0 Å². The van der Waals surface area contributed by atoms with Crippen LogP contribution in [0, 0.1) is 6.92 Å². The topological polar surface area (TPSA) is 50.8 Å². The summed E-state index contributed by atoms with van der Waals surface area (Å²) in [6.07, 6.45) is -0.914. The highest BCUT2D eigenvalue weighted by molar-refractivity contribution is 5.68. The third-order valence-corrected chi connectivity index (χ3v) is 7.25. The summed E-state index contributed by atoms with van der Waals surface area (Å²) in [5.41, 5.74) is 0.884. The minimum Gasteiger partial charge on any atom is -0.445 e. The molecular weight excluding hydrogens is 469 g/mol. The lowest BCUT2D eigenvalue weighted by molar-refractivity contribution is -0.137. The van der Waals surface area contributed by atoms with Crippen LogP contribution in [0.3, 0.4) is 0 Å². The molecule has 1 N–H and O–H groups in total. The van der Waals surface area contributed by atoms with Crippen molar-refractivity contribution in [2.45, 2.75) is 69.9 Å². The van der Waals surface area contributed by atoms with Gasteiger partial charge in [0.1, 0.15) is 6.10 Å². The number of ether oxygens (including phenoxy) is 2. The number of rotatable bonds is 6. The molecule has 2 aromatic carbocycles. The Morgan fingerprint density at radius 1 is 1.14 bits per heavy atom. The number of nitrogens with zero attached hydrogens (tertiary/aromatic N) is 1. The summed E-state index contributed by atoms with van der Waals surface area (Å²) >= 11 is 0. The fourth-order valence-electron chi connectivity index (χ4n) is 5.09. The molecule has 3 atom stereocenters. The number of piperidine rings is 2. The van der Waals surface area contributed by atoms with Gasteiger partial charge in [0.25, 0.3) is 0 Å². The fourth-order valence-corrected chi connectivity index (χ4v) is 5.09. The van der Waals surface area contributed by atoms with Crippen LogP contribution in [-0.4, -0.2) is 43.3 Å². The Hall–Kier alpha value is -2.58. The summed E-state index contributed by atoms with van der Waals surface area (Å²) in [7, 11) is 0. The van der Waals surface area contributed by atoms with Gasteiger partial charge in [-0.2, -0.15) is 13.2 Å². The van der Waals surface area contributed by atoms with Crippen molar-refractivity contribution >= 4 is 6.09 Å². The third-order valence-electron chi connectivity index (χ3n) is 7.25. The number of aryl methyl sites for hydroxylation is 1. The number of carbonyl (C=O) groups is 1.